The Kier molecular flexibility index (Phi) is 2.12. The van der Waals surface area contributed by atoms with Crippen LogP contribution in [-0.4, -0.2) is 27.6 Å². The third-order valence-electron chi connectivity index (χ3n) is 1.68. The molecule has 0 saturated carbocycles. The molecule has 0 aliphatic carbocycles. The van der Waals surface area contributed by atoms with Crippen molar-refractivity contribution in [2.75, 3.05) is 0 Å². The van der Waals surface area contributed by atoms with Crippen molar-refractivity contribution >= 4 is 10.0 Å². The molecule has 78 valence electrons. The van der Waals surface area contributed by atoms with E-state index in [0.29, 0.717) is 0 Å². The highest BCUT2D eigenvalue weighted by atomic mass is 32.2. The molecule has 0 unspecified atom stereocenters. The minimum Gasteiger partial charge on any atom is -0.268 e. The standard InChI is InChI=1S/C7H6N4O3S/c12-6-1-2-7(10-9-6)15(13,14)11-4-3-8-5-11/h1-5H,(H,9,12). The molecule has 0 atom stereocenters. The first-order chi connectivity index (χ1) is 7.10. The molecule has 0 aliphatic rings. The van der Waals surface area contributed by atoms with E-state index in [-0.39, 0.29) is 5.03 Å². The second kappa shape index (κ2) is 3.31. The molecule has 0 fully saturated rings. The van der Waals surface area contributed by atoms with Crippen LogP contribution in [0.4, 0.5) is 0 Å². The van der Waals surface area contributed by atoms with Gasteiger partial charge in [0.1, 0.15) is 6.33 Å². The highest BCUT2D eigenvalue weighted by Crippen LogP contribution is 2.06. The van der Waals surface area contributed by atoms with E-state index in [2.05, 4.69) is 10.1 Å². The number of nitrogens with zero attached hydrogens (tertiary/aromatic N) is 3. The Morgan fingerprint density at radius 2 is 2.13 bits per heavy atom. The summed E-state index contributed by atoms with van der Waals surface area (Å²) >= 11 is 0. The van der Waals surface area contributed by atoms with Crippen LogP contribution in [0.3, 0.4) is 0 Å². The maximum atomic E-state index is 11.7. The average molecular weight is 226 g/mol. The Morgan fingerprint density at radius 1 is 1.33 bits per heavy atom. The molecule has 8 heteroatoms. The van der Waals surface area contributed by atoms with E-state index in [1.54, 1.807) is 0 Å². The summed E-state index contributed by atoms with van der Waals surface area (Å²) in [5.41, 5.74) is -0.459. The minimum absolute atomic E-state index is 0.236. The first-order valence-electron chi connectivity index (χ1n) is 3.90. The van der Waals surface area contributed by atoms with Gasteiger partial charge in [-0.05, 0) is 6.07 Å². The Hall–Kier alpha value is -1.96. The van der Waals surface area contributed by atoms with Crippen LogP contribution in [0, 0.1) is 0 Å². The molecule has 0 saturated heterocycles. The van der Waals surface area contributed by atoms with Crippen molar-refractivity contribution in [2.45, 2.75) is 5.03 Å². The van der Waals surface area contributed by atoms with E-state index in [1.807, 2.05) is 5.10 Å². The lowest BCUT2D eigenvalue weighted by atomic mass is 10.6. The summed E-state index contributed by atoms with van der Waals surface area (Å²) in [6.45, 7) is 0. The van der Waals surface area contributed by atoms with Gasteiger partial charge in [0.25, 0.3) is 15.6 Å². The van der Waals surface area contributed by atoms with E-state index in [4.69, 9.17) is 0 Å². The number of aromatic amines is 1. The van der Waals surface area contributed by atoms with Crippen LogP contribution in [0.25, 0.3) is 0 Å². The Morgan fingerprint density at radius 3 is 2.67 bits per heavy atom. The maximum Gasteiger partial charge on any atom is 0.288 e. The highest BCUT2D eigenvalue weighted by molar-refractivity contribution is 7.89. The van der Waals surface area contributed by atoms with E-state index < -0.39 is 15.6 Å². The molecule has 0 spiro atoms. The van der Waals surface area contributed by atoms with Gasteiger partial charge in [-0.2, -0.15) is 13.5 Å². The van der Waals surface area contributed by atoms with Gasteiger partial charge in [-0.1, -0.05) is 0 Å². The summed E-state index contributed by atoms with van der Waals surface area (Å²) in [6.07, 6.45) is 3.76. The number of rotatable bonds is 2. The summed E-state index contributed by atoms with van der Waals surface area (Å²) in [6, 6.07) is 2.23. The smallest absolute Gasteiger partial charge is 0.268 e. The van der Waals surface area contributed by atoms with Crippen molar-refractivity contribution in [3.63, 3.8) is 0 Å². The molecular formula is C7H6N4O3S. The molecule has 2 aromatic heterocycles. The number of hydrogen-bond donors (Lipinski definition) is 1. The average Bonchev–Trinajstić information content (AvgIpc) is 2.71. The normalized spacial score (nSPS) is 11.5. The van der Waals surface area contributed by atoms with Crippen LogP contribution in [0.2, 0.25) is 0 Å². The van der Waals surface area contributed by atoms with Crippen LogP contribution < -0.4 is 5.56 Å². The van der Waals surface area contributed by atoms with Gasteiger partial charge in [-0.3, -0.25) is 4.79 Å². The zero-order valence-electron chi connectivity index (χ0n) is 7.36. The Balaban J connectivity index is 2.57. The number of nitrogens with one attached hydrogen (secondary N) is 1. The number of hydrogen-bond acceptors (Lipinski definition) is 5. The molecule has 0 aliphatic heterocycles. The highest BCUT2D eigenvalue weighted by Gasteiger charge is 2.17. The Labute approximate surface area is 84.5 Å². The van der Waals surface area contributed by atoms with Crippen LogP contribution in [-0.2, 0) is 10.0 Å². The molecule has 7 nitrogen and oxygen atoms in total. The van der Waals surface area contributed by atoms with E-state index in [9.17, 15) is 13.2 Å². The summed E-state index contributed by atoms with van der Waals surface area (Å²) < 4.78 is 24.4. The van der Waals surface area contributed by atoms with Gasteiger partial charge >= 0.3 is 0 Å². The van der Waals surface area contributed by atoms with Gasteiger partial charge in [-0.15, -0.1) is 0 Å². The number of H-pyrrole nitrogens is 1. The molecule has 2 aromatic rings. The lowest BCUT2D eigenvalue weighted by Gasteiger charge is -2.01. The molecule has 0 radical (unpaired) electrons. The molecule has 0 amide bonds. The van der Waals surface area contributed by atoms with Gasteiger partial charge in [0.15, 0.2) is 5.03 Å². The minimum atomic E-state index is -3.74. The summed E-state index contributed by atoms with van der Waals surface area (Å²) in [7, 11) is -3.74. The first kappa shape index (κ1) is 9.59. The van der Waals surface area contributed by atoms with Crippen molar-refractivity contribution < 1.29 is 8.42 Å². The lowest BCUT2D eigenvalue weighted by molar-refractivity contribution is 0.580. The third-order valence-corrected chi connectivity index (χ3v) is 3.20. The number of aromatic nitrogens is 4. The predicted molar refractivity (Wildman–Crippen MR) is 49.7 cm³/mol. The predicted octanol–water partition coefficient (Wildman–Crippen LogP) is -0.797. The van der Waals surface area contributed by atoms with Gasteiger partial charge in [0.2, 0.25) is 0 Å². The van der Waals surface area contributed by atoms with Crippen molar-refractivity contribution in [1.82, 2.24) is 19.2 Å². The largest absolute Gasteiger partial charge is 0.288 e. The first-order valence-corrected chi connectivity index (χ1v) is 5.34. The molecule has 0 aromatic carbocycles. The molecule has 2 rings (SSSR count). The van der Waals surface area contributed by atoms with Crippen molar-refractivity contribution in [2.24, 2.45) is 0 Å². The fourth-order valence-corrected chi connectivity index (χ4v) is 1.98. The fourth-order valence-electron chi connectivity index (χ4n) is 0.972. The van der Waals surface area contributed by atoms with Crippen LogP contribution >= 0.6 is 0 Å². The van der Waals surface area contributed by atoms with E-state index in [0.717, 1.165) is 22.4 Å². The topological polar surface area (TPSA) is 97.7 Å². The Bertz CT molecular complexity index is 593. The van der Waals surface area contributed by atoms with Gasteiger partial charge < -0.3 is 0 Å². The molecular weight excluding hydrogens is 220 g/mol. The van der Waals surface area contributed by atoms with Crippen molar-refractivity contribution in [3.05, 3.63) is 41.2 Å². The number of imidazole rings is 1. The molecule has 0 bridgehead atoms. The lowest BCUT2D eigenvalue weighted by Crippen LogP contribution is -2.16. The molecule has 15 heavy (non-hydrogen) atoms. The zero-order valence-corrected chi connectivity index (χ0v) is 8.18. The second-order valence-electron chi connectivity index (χ2n) is 2.66. The zero-order chi connectivity index (χ0) is 10.9. The molecule has 1 N–H and O–H groups in total. The van der Waals surface area contributed by atoms with Crippen molar-refractivity contribution in [1.29, 1.82) is 0 Å². The van der Waals surface area contributed by atoms with Gasteiger partial charge in [0.05, 0.1) is 0 Å². The monoisotopic (exact) mass is 226 g/mol. The van der Waals surface area contributed by atoms with Crippen LogP contribution in [0.5, 0.6) is 0 Å². The van der Waals surface area contributed by atoms with Crippen molar-refractivity contribution in [3.8, 4) is 0 Å². The fraction of sp³-hybridized carbons (Fsp3) is 0. The summed E-state index contributed by atoms with van der Waals surface area (Å²) in [5, 5.41) is 5.25. The van der Waals surface area contributed by atoms with E-state index in [1.165, 1.54) is 12.4 Å². The summed E-state index contributed by atoms with van der Waals surface area (Å²) in [4.78, 5) is 14.3. The summed E-state index contributed by atoms with van der Waals surface area (Å²) in [5.74, 6) is 0. The maximum absolute atomic E-state index is 11.7. The molecule has 2 heterocycles. The third kappa shape index (κ3) is 1.66. The van der Waals surface area contributed by atoms with Gasteiger partial charge in [0, 0.05) is 18.5 Å². The van der Waals surface area contributed by atoms with Crippen LogP contribution in [0.1, 0.15) is 0 Å². The van der Waals surface area contributed by atoms with E-state index >= 15 is 0 Å². The SMILES string of the molecule is O=c1ccc(S(=O)(=O)n2ccnc2)n[nH]1. The quantitative estimate of drug-likeness (QED) is 0.723. The van der Waals surface area contributed by atoms with Gasteiger partial charge in [-0.25, -0.2) is 14.1 Å². The van der Waals surface area contributed by atoms with Crippen LogP contribution in [0.15, 0.2) is 40.7 Å². The second-order valence-corrected chi connectivity index (χ2v) is 4.45.